The van der Waals surface area contributed by atoms with Crippen LogP contribution in [0.3, 0.4) is 0 Å². The Morgan fingerprint density at radius 2 is 2.21 bits per heavy atom. The van der Waals surface area contributed by atoms with Gasteiger partial charge in [-0.15, -0.1) is 10.2 Å². The Hall–Kier alpha value is -1.91. The van der Waals surface area contributed by atoms with Crippen molar-refractivity contribution in [2.24, 2.45) is 0 Å². The molecule has 0 atom stereocenters. The molecule has 0 bridgehead atoms. The summed E-state index contributed by atoms with van der Waals surface area (Å²) in [4.78, 5) is 0. The van der Waals surface area contributed by atoms with Crippen LogP contribution in [-0.2, 0) is 0 Å². The quantitative estimate of drug-likeness (QED) is 0.693. The first kappa shape index (κ1) is 8.68. The van der Waals surface area contributed by atoms with Gasteiger partial charge in [-0.3, -0.25) is 4.57 Å². The van der Waals surface area contributed by atoms with Crippen LogP contribution in [-0.4, -0.2) is 14.8 Å². The van der Waals surface area contributed by atoms with Crippen molar-refractivity contribution >= 4 is 5.69 Å². The first-order valence-electron chi connectivity index (χ1n) is 4.10. The molecule has 2 rings (SSSR count). The molecule has 0 spiro atoms. The minimum atomic E-state index is -0.417. The van der Waals surface area contributed by atoms with Gasteiger partial charge in [0.1, 0.15) is 18.0 Å². The fraction of sp³-hybridized carbons (Fsp3) is 0.111. The smallest absolute Gasteiger partial charge is 0.146 e. The number of nitrogen functional groups attached to an aromatic ring is 1. The molecule has 1 aromatic heterocycles. The van der Waals surface area contributed by atoms with E-state index in [1.807, 2.05) is 6.92 Å². The Morgan fingerprint density at radius 3 is 2.79 bits per heavy atom. The third-order valence-electron chi connectivity index (χ3n) is 1.98. The Bertz CT molecular complexity index is 464. The number of hydrogen-bond donors (Lipinski definition) is 1. The number of halogens is 1. The predicted octanol–water partition coefficient (Wildman–Crippen LogP) is 1.30. The molecule has 0 saturated carbocycles. The molecule has 0 aliphatic heterocycles. The number of aryl methyl sites for hydroxylation is 1. The van der Waals surface area contributed by atoms with E-state index in [0.29, 0.717) is 0 Å². The molecule has 0 saturated heterocycles. The Morgan fingerprint density at radius 1 is 1.43 bits per heavy atom. The van der Waals surface area contributed by atoms with Gasteiger partial charge in [-0.1, -0.05) is 0 Å². The Kier molecular flexibility index (Phi) is 1.92. The molecule has 0 unspecified atom stereocenters. The van der Waals surface area contributed by atoms with E-state index < -0.39 is 5.82 Å². The van der Waals surface area contributed by atoms with Crippen molar-refractivity contribution in [2.45, 2.75) is 6.92 Å². The van der Waals surface area contributed by atoms with Crippen molar-refractivity contribution in [1.82, 2.24) is 14.8 Å². The van der Waals surface area contributed by atoms with Gasteiger partial charge in [0.2, 0.25) is 0 Å². The van der Waals surface area contributed by atoms with E-state index in [1.165, 1.54) is 6.07 Å². The number of aromatic nitrogens is 3. The molecule has 4 nitrogen and oxygen atoms in total. The van der Waals surface area contributed by atoms with Gasteiger partial charge in [0.05, 0.1) is 11.4 Å². The minimum Gasteiger partial charge on any atom is -0.396 e. The minimum absolute atomic E-state index is 0.121. The zero-order valence-corrected chi connectivity index (χ0v) is 7.61. The summed E-state index contributed by atoms with van der Waals surface area (Å²) in [5.41, 5.74) is 6.32. The van der Waals surface area contributed by atoms with E-state index in [0.717, 1.165) is 11.5 Å². The standard InChI is InChI=1S/C9H9FN4/c1-6-13-12-5-14(6)7-2-3-8(10)9(11)4-7/h2-5H,11H2,1H3. The van der Waals surface area contributed by atoms with Gasteiger partial charge in [-0.25, -0.2) is 4.39 Å². The van der Waals surface area contributed by atoms with Crippen molar-refractivity contribution in [3.63, 3.8) is 0 Å². The molecule has 1 heterocycles. The van der Waals surface area contributed by atoms with Gasteiger partial charge < -0.3 is 5.73 Å². The van der Waals surface area contributed by atoms with Gasteiger partial charge in [-0.05, 0) is 25.1 Å². The highest BCUT2D eigenvalue weighted by Crippen LogP contribution is 2.16. The SMILES string of the molecule is Cc1nncn1-c1ccc(F)c(N)c1. The zero-order valence-electron chi connectivity index (χ0n) is 7.61. The molecule has 0 radical (unpaired) electrons. The molecule has 0 aliphatic carbocycles. The number of nitrogens with zero attached hydrogens (tertiary/aromatic N) is 3. The summed E-state index contributed by atoms with van der Waals surface area (Å²) in [6, 6.07) is 4.50. The second-order valence-corrected chi connectivity index (χ2v) is 2.95. The highest BCUT2D eigenvalue weighted by Gasteiger charge is 2.04. The maximum absolute atomic E-state index is 12.9. The van der Waals surface area contributed by atoms with E-state index in [9.17, 15) is 4.39 Å². The fourth-order valence-electron chi connectivity index (χ4n) is 1.23. The van der Waals surface area contributed by atoms with Crippen LogP contribution >= 0.6 is 0 Å². The molecular weight excluding hydrogens is 183 g/mol. The van der Waals surface area contributed by atoms with E-state index in [1.54, 1.807) is 23.0 Å². The van der Waals surface area contributed by atoms with E-state index in [4.69, 9.17) is 5.73 Å². The zero-order chi connectivity index (χ0) is 10.1. The molecular formula is C9H9FN4. The number of rotatable bonds is 1. The molecule has 2 N–H and O–H groups in total. The molecule has 0 fully saturated rings. The fourth-order valence-corrected chi connectivity index (χ4v) is 1.23. The van der Waals surface area contributed by atoms with E-state index >= 15 is 0 Å². The van der Waals surface area contributed by atoms with Gasteiger partial charge in [0, 0.05) is 0 Å². The highest BCUT2D eigenvalue weighted by molar-refractivity contribution is 5.48. The summed E-state index contributed by atoms with van der Waals surface area (Å²) in [7, 11) is 0. The van der Waals surface area contributed by atoms with Crippen LogP contribution in [0.4, 0.5) is 10.1 Å². The van der Waals surface area contributed by atoms with Crippen LogP contribution in [0, 0.1) is 12.7 Å². The lowest BCUT2D eigenvalue weighted by molar-refractivity contribution is 0.632. The van der Waals surface area contributed by atoms with Crippen LogP contribution < -0.4 is 5.73 Å². The second-order valence-electron chi connectivity index (χ2n) is 2.95. The lowest BCUT2D eigenvalue weighted by Gasteiger charge is -2.04. The first-order chi connectivity index (χ1) is 6.68. The molecule has 72 valence electrons. The summed E-state index contributed by atoms with van der Waals surface area (Å²) in [6.45, 7) is 1.81. The maximum atomic E-state index is 12.9. The van der Waals surface area contributed by atoms with Gasteiger partial charge in [0.25, 0.3) is 0 Å². The number of hydrogen-bond acceptors (Lipinski definition) is 3. The molecule has 2 aromatic rings. The van der Waals surface area contributed by atoms with Crippen molar-refractivity contribution in [3.8, 4) is 5.69 Å². The third kappa shape index (κ3) is 1.32. The van der Waals surface area contributed by atoms with Gasteiger partial charge >= 0.3 is 0 Å². The molecule has 1 aromatic carbocycles. The topological polar surface area (TPSA) is 56.7 Å². The summed E-state index contributed by atoms with van der Waals surface area (Å²) < 4.78 is 14.6. The Balaban J connectivity index is 2.53. The largest absolute Gasteiger partial charge is 0.396 e. The summed E-state index contributed by atoms with van der Waals surface area (Å²) in [6.07, 6.45) is 1.56. The van der Waals surface area contributed by atoms with Crippen molar-refractivity contribution in [2.75, 3.05) is 5.73 Å². The van der Waals surface area contributed by atoms with Crippen LogP contribution in [0.5, 0.6) is 0 Å². The van der Waals surface area contributed by atoms with E-state index in [2.05, 4.69) is 10.2 Å². The normalized spacial score (nSPS) is 10.4. The molecule has 0 amide bonds. The Labute approximate surface area is 80.2 Å². The monoisotopic (exact) mass is 192 g/mol. The lowest BCUT2D eigenvalue weighted by Crippen LogP contribution is -1.98. The number of anilines is 1. The van der Waals surface area contributed by atoms with Crippen LogP contribution in [0.2, 0.25) is 0 Å². The first-order valence-corrected chi connectivity index (χ1v) is 4.10. The van der Waals surface area contributed by atoms with Gasteiger partial charge in [0.15, 0.2) is 0 Å². The highest BCUT2D eigenvalue weighted by atomic mass is 19.1. The molecule has 0 aliphatic rings. The van der Waals surface area contributed by atoms with Crippen molar-refractivity contribution in [3.05, 3.63) is 36.2 Å². The number of benzene rings is 1. The van der Waals surface area contributed by atoms with Crippen molar-refractivity contribution in [1.29, 1.82) is 0 Å². The van der Waals surface area contributed by atoms with Crippen molar-refractivity contribution < 1.29 is 4.39 Å². The molecule has 14 heavy (non-hydrogen) atoms. The van der Waals surface area contributed by atoms with Crippen LogP contribution in [0.25, 0.3) is 5.69 Å². The van der Waals surface area contributed by atoms with Gasteiger partial charge in [-0.2, -0.15) is 0 Å². The second kappa shape index (κ2) is 3.10. The average Bonchev–Trinajstić information content (AvgIpc) is 2.57. The summed E-state index contributed by atoms with van der Waals surface area (Å²) in [5, 5.41) is 7.55. The van der Waals surface area contributed by atoms with E-state index in [-0.39, 0.29) is 5.69 Å². The molecule has 5 heteroatoms. The summed E-state index contributed by atoms with van der Waals surface area (Å²) >= 11 is 0. The van der Waals surface area contributed by atoms with Crippen LogP contribution in [0.1, 0.15) is 5.82 Å². The maximum Gasteiger partial charge on any atom is 0.146 e. The summed E-state index contributed by atoms with van der Waals surface area (Å²) in [5.74, 6) is 0.315. The third-order valence-corrected chi connectivity index (χ3v) is 1.98. The lowest BCUT2D eigenvalue weighted by atomic mass is 10.2. The predicted molar refractivity (Wildman–Crippen MR) is 50.5 cm³/mol. The van der Waals surface area contributed by atoms with Crippen LogP contribution in [0.15, 0.2) is 24.5 Å². The average molecular weight is 192 g/mol. The number of nitrogens with two attached hydrogens (primary N) is 1.